The molecule has 0 saturated heterocycles. The second-order valence-corrected chi connectivity index (χ2v) is 6.99. The zero-order valence-electron chi connectivity index (χ0n) is 15.1. The maximum Gasteiger partial charge on any atom is 0.236 e. The van der Waals surface area contributed by atoms with E-state index in [0.29, 0.717) is 19.7 Å². The van der Waals surface area contributed by atoms with Crippen LogP contribution in [0.2, 0.25) is 0 Å². The molecule has 4 rings (SSSR count). The predicted molar refractivity (Wildman–Crippen MR) is 99.4 cm³/mol. The summed E-state index contributed by atoms with van der Waals surface area (Å²) < 4.78 is 11.7. The van der Waals surface area contributed by atoms with E-state index in [0.717, 1.165) is 36.6 Å². The molecule has 1 amide bonds. The Kier molecular flexibility index (Phi) is 4.80. The van der Waals surface area contributed by atoms with Gasteiger partial charge in [0.1, 0.15) is 24.2 Å². The van der Waals surface area contributed by atoms with Crippen molar-refractivity contribution in [1.29, 1.82) is 0 Å². The number of ether oxygens (including phenoxy) is 2. The minimum atomic E-state index is 0.0366. The van der Waals surface area contributed by atoms with Crippen LogP contribution in [0.25, 0.3) is 0 Å². The van der Waals surface area contributed by atoms with Gasteiger partial charge in [0.05, 0.1) is 13.1 Å². The summed E-state index contributed by atoms with van der Waals surface area (Å²) in [5.41, 5.74) is 2.36. The number of rotatable bonds is 4. The largest absolute Gasteiger partial charge is 0.492 e. The van der Waals surface area contributed by atoms with E-state index in [1.54, 1.807) is 4.90 Å². The topological polar surface area (TPSA) is 42.0 Å². The highest BCUT2D eigenvalue weighted by Crippen LogP contribution is 2.28. The van der Waals surface area contributed by atoms with Crippen LogP contribution in [-0.2, 0) is 17.8 Å². The second kappa shape index (κ2) is 7.38. The monoisotopic (exact) mass is 352 g/mol. The number of fused-ring (bicyclic) bond motifs is 2. The van der Waals surface area contributed by atoms with Gasteiger partial charge in [-0.05, 0) is 17.7 Å². The minimum Gasteiger partial charge on any atom is -0.492 e. The predicted octanol–water partition coefficient (Wildman–Crippen LogP) is 2.34. The van der Waals surface area contributed by atoms with Crippen molar-refractivity contribution in [2.75, 3.05) is 33.3 Å². The van der Waals surface area contributed by atoms with Crippen LogP contribution in [0.5, 0.6) is 11.5 Å². The number of likely N-dealkylation sites (N-methyl/N-ethyl adjacent to an activating group) is 1. The summed E-state index contributed by atoms with van der Waals surface area (Å²) in [5.74, 6) is 1.98. The molecule has 2 aliphatic heterocycles. The minimum absolute atomic E-state index is 0.0366. The molecule has 136 valence electrons. The molecule has 2 heterocycles. The van der Waals surface area contributed by atoms with Gasteiger partial charge in [0.15, 0.2) is 0 Å². The summed E-state index contributed by atoms with van der Waals surface area (Å²) in [6.07, 6.45) is 0.896. The molecule has 0 N–H and O–H groups in total. The van der Waals surface area contributed by atoms with Gasteiger partial charge >= 0.3 is 0 Å². The first-order chi connectivity index (χ1) is 12.7. The average molecular weight is 352 g/mol. The van der Waals surface area contributed by atoms with Crippen LogP contribution in [0, 0.1) is 0 Å². The number of para-hydroxylation sites is 2. The molecule has 0 fully saturated rings. The molecule has 0 bridgehead atoms. The summed E-state index contributed by atoms with van der Waals surface area (Å²) >= 11 is 0. The number of amides is 1. The van der Waals surface area contributed by atoms with Gasteiger partial charge in [-0.15, -0.1) is 0 Å². The highest BCUT2D eigenvalue weighted by Gasteiger charge is 2.26. The molecule has 26 heavy (non-hydrogen) atoms. The van der Waals surface area contributed by atoms with Crippen molar-refractivity contribution in [2.45, 2.75) is 19.1 Å². The lowest BCUT2D eigenvalue weighted by Crippen LogP contribution is -2.42. The fourth-order valence-electron chi connectivity index (χ4n) is 3.59. The number of hydrogen-bond acceptors (Lipinski definition) is 4. The average Bonchev–Trinajstić information content (AvgIpc) is 2.93. The Balaban J connectivity index is 1.32. The molecule has 0 spiro atoms. The van der Waals surface area contributed by atoms with Gasteiger partial charge in [0.25, 0.3) is 0 Å². The third kappa shape index (κ3) is 3.68. The van der Waals surface area contributed by atoms with Gasteiger partial charge in [-0.1, -0.05) is 36.4 Å². The Hall–Kier alpha value is -2.53. The fourth-order valence-corrected chi connectivity index (χ4v) is 3.59. The first-order valence-corrected chi connectivity index (χ1v) is 9.10. The van der Waals surface area contributed by atoms with E-state index in [2.05, 4.69) is 17.0 Å². The van der Waals surface area contributed by atoms with Crippen molar-refractivity contribution >= 4 is 5.91 Å². The van der Waals surface area contributed by atoms with Crippen molar-refractivity contribution in [3.63, 3.8) is 0 Å². The Labute approximate surface area is 154 Å². The highest BCUT2D eigenvalue weighted by molar-refractivity contribution is 5.78. The molecular formula is C21H24N2O3. The number of nitrogens with zero attached hydrogens (tertiary/aromatic N) is 2. The van der Waals surface area contributed by atoms with Crippen LogP contribution in [0.1, 0.15) is 11.1 Å². The maximum absolute atomic E-state index is 12.7. The van der Waals surface area contributed by atoms with Crippen LogP contribution in [-0.4, -0.2) is 55.1 Å². The molecular weight excluding hydrogens is 328 g/mol. The fraction of sp³-hybridized carbons (Fsp3) is 0.381. The normalized spacial score (nSPS) is 18.9. The van der Waals surface area contributed by atoms with Crippen molar-refractivity contribution < 1.29 is 14.3 Å². The number of benzene rings is 2. The summed E-state index contributed by atoms with van der Waals surface area (Å²) in [5, 5.41) is 0. The Morgan fingerprint density at radius 1 is 1.12 bits per heavy atom. The molecule has 0 saturated carbocycles. The molecule has 2 aliphatic rings. The van der Waals surface area contributed by atoms with E-state index in [4.69, 9.17) is 9.47 Å². The highest BCUT2D eigenvalue weighted by atomic mass is 16.5. The molecule has 5 heteroatoms. The first kappa shape index (κ1) is 16.9. The third-order valence-corrected chi connectivity index (χ3v) is 5.01. The van der Waals surface area contributed by atoms with Crippen molar-refractivity contribution in [3.8, 4) is 11.5 Å². The maximum atomic E-state index is 12.7. The van der Waals surface area contributed by atoms with Crippen molar-refractivity contribution in [2.24, 2.45) is 0 Å². The van der Waals surface area contributed by atoms with Gasteiger partial charge in [0.2, 0.25) is 5.91 Å². The molecule has 5 nitrogen and oxygen atoms in total. The van der Waals surface area contributed by atoms with Gasteiger partial charge in [-0.3, -0.25) is 9.69 Å². The lowest BCUT2D eigenvalue weighted by Gasteiger charge is -2.25. The van der Waals surface area contributed by atoms with Crippen LogP contribution in [0.4, 0.5) is 0 Å². The molecule has 2 aromatic carbocycles. The Morgan fingerprint density at radius 2 is 1.85 bits per heavy atom. The zero-order valence-corrected chi connectivity index (χ0v) is 15.1. The summed E-state index contributed by atoms with van der Waals surface area (Å²) in [7, 11) is 1.86. The van der Waals surface area contributed by atoms with E-state index in [-0.39, 0.29) is 12.0 Å². The van der Waals surface area contributed by atoms with Crippen LogP contribution in [0.15, 0.2) is 48.5 Å². The van der Waals surface area contributed by atoms with E-state index >= 15 is 0 Å². The quantitative estimate of drug-likeness (QED) is 0.847. The first-order valence-electron chi connectivity index (χ1n) is 9.10. The van der Waals surface area contributed by atoms with Gasteiger partial charge < -0.3 is 14.4 Å². The van der Waals surface area contributed by atoms with Crippen LogP contribution in [0.3, 0.4) is 0 Å². The molecule has 0 aromatic heterocycles. The van der Waals surface area contributed by atoms with Crippen LogP contribution >= 0.6 is 0 Å². The molecule has 1 unspecified atom stereocenters. The summed E-state index contributed by atoms with van der Waals surface area (Å²) in [6.45, 7) is 3.10. The zero-order chi connectivity index (χ0) is 17.9. The SMILES string of the molecule is CN(CC1Cc2ccccc2O1)C(=O)CN1CCOc2ccccc2C1. The molecule has 0 radical (unpaired) electrons. The lowest BCUT2D eigenvalue weighted by atomic mass is 10.1. The van der Waals surface area contributed by atoms with E-state index in [1.807, 2.05) is 43.4 Å². The van der Waals surface area contributed by atoms with E-state index in [9.17, 15) is 4.79 Å². The standard InChI is InChI=1S/C21H24N2O3/c1-22(14-18-12-16-6-2-5-9-20(16)26-18)21(24)15-23-10-11-25-19-8-4-3-7-17(19)13-23/h2-9,18H,10-15H2,1H3. The van der Waals surface area contributed by atoms with Gasteiger partial charge in [-0.25, -0.2) is 0 Å². The Bertz CT molecular complexity index is 767. The molecule has 1 atom stereocenters. The Morgan fingerprint density at radius 3 is 2.65 bits per heavy atom. The van der Waals surface area contributed by atoms with Crippen molar-refractivity contribution in [1.82, 2.24) is 9.80 Å². The summed E-state index contributed by atoms with van der Waals surface area (Å²) in [6, 6.07) is 16.1. The molecule has 2 aromatic rings. The number of carbonyl (C=O) groups excluding carboxylic acids is 1. The second-order valence-electron chi connectivity index (χ2n) is 6.99. The number of carbonyl (C=O) groups is 1. The van der Waals surface area contributed by atoms with Gasteiger partial charge in [0, 0.05) is 32.1 Å². The lowest BCUT2D eigenvalue weighted by molar-refractivity contribution is -0.132. The van der Waals surface area contributed by atoms with Gasteiger partial charge in [-0.2, -0.15) is 0 Å². The molecule has 0 aliphatic carbocycles. The number of hydrogen-bond donors (Lipinski definition) is 0. The third-order valence-electron chi connectivity index (χ3n) is 5.01. The van der Waals surface area contributed by atoms with E-state index in [1.165, 1.54) is 5.56 Å². The van der Waals surface area contributed by atoms with Crippen molar-refractivity contribution in [3.05, 3.63) is 59.7 Å². The van der Waals surface area contributed by atoms with Crippen LogP contribution < -0.4 is 9.47 Å². The smallest absolute Gasteiger partial charge is 0.236 e. The summed E-state index contributed by atoms with van der Waals surface area (Å²) in [4.78, 5) is 16.6. The van der Waals surface area contributed by atoms with E-state index < -0.39 is 0 Å².